The third-order valence-electron chi connectivity index (χ3n) is 4.67. The zero-order chi connectivity index (χ0) is 19.2. The number of nitrogens with zero attached hydrogens (tertiary/aromatic N) is 1. The first-order valence-corrected chi connectivity index (χ1v) is 9.74. The number of halogens is 1. The fourth-order valence-electron chi connectivity index (χ4n) is 3.27. The van der Waals surface area contributed by atoms with E-state index in [1.807, 2.05) is 41.3 Å². The molecule has 2 aromatic rings. The lowest BCUT2D eigenvalue weighted by Gasteiger charge is -2.26. The second kappa shape index (κ2) is 8.90. The van der Waals surface area contributed by atoms with E-state index in [-0.39, 0.29) is 24.5 Å². The summed E-state index contributed by atoms with van der Waals surface area (Å²) in [5, 5.41) is 5.40. The summed E-state index contributed by atoms with van der Waals surface area (Å²) >= 11 is 3.57. The SMILES string of the molecule is Nc1ccc(CNC(=O)NCC(=O)N2CCCC2c2ccccc2Br)cc1. The number of amides is 3. The second-order valence-corrected chi connectivity index (χ2v) is 7.40. The number of hydrogen-bond acceptors (Lipinski definition) is 3. The highest BCUT2D eigenvalue weighted by Gasteiger charge is 2.30. The number of carbonyl (C=O) groups is 2. The normalized spacial score (nSPS) is 16.2. The van der Waals surface area contributed by atoms with E-state index < -0.39 is 0 Å². The molecule has 1 saturated heterocycles. The smallest absolute Gasteiger partial charge is 0.315 e. The summed E-state index contributed by atoms with van der Waals surface area (Å²) in [4.78, 5) is 26.4. The van der Waals surface area contributed by atoms with Gasteiger partial charge in [-0.05, 0) is 42.2 Å². The van der Waals surface area contributed by atoms with Crippen LogP contribution in [-0.2, 0) is 11.3 Å². The van der Waals surface area contributed by atoms with E-state index in [0.717, 1.165) is 28.4 Å². The van der Waals surface area contributed by atoms with Crippen molar-refractivity contribution in [3.63, 3.8) is 0 Å². The quantitative estimate of drug-likeness (QED) is 0.636. The number of nitrogen functional groups attached to an aromatic ring is 1. The van der Waals surface area contributed by atoms with Gasteiger partial charge in [0, 0.05) is 23.2 Å². The van der Waals surface area contributed by atoms with E-state index in [1.165, 1.54) is 0 Å². The molecule has 7 heteroatoms. The van der Waals surface area contributed by atoms with E-state index in [9.17, 15) is 9.59 Å². The number of hydrogen-bond donors (Lipinski definition) is 3. The molecule has 1 unspecified atom stereocenters. The Morgan fingerprint density at radius 1 is 1.11 bits per heavy atom. The van der Waals surface area contributed by atoms with Crippen LogP contribution in [0.5, 0.6) is 0 Å². The van der Waals surface area contributed by atoms with Gasteiger partial charge in [-0.3, -0.25) is 4.79 Å². The van der Waals surface area contributed by atoms with Crippen LogP contribution in [-0.4, -0.2) is 29.9 Å². The summed E-state index contributed by atoms with van der Waals surface area (Å²) in [7, 11) is 0. The average Bonchev–Trinajstić information content (AvgIpc) is 3.15. The van der Waals surface area contributed by atoms with Crippen LogP contribution in [0.1, 0.15) is 30.0 Å². The summed E-state index contributed by atoms with van der Waals surface area (Å²) in [6, 6.07) is 14.9. The lowest BCUT2D eigenvalue weighted by molar-refractivity contribution is -0.131. The second-order valence-electron chi connectivity index (χ2n) is 6.54. The van der Waals surface area contributed by atoms with Gasteiger partial charge in [0.15, 0.2) is 0 Å². The highest BCUT2D eigenvalue weighted by atomic mass is 79.9. The van der Waals surface area contributed by atoms with Crippen LogP contribution in [0.25, 0.3) is 0 Å². The Kier molecular flexibility index (Phi) is 6.34. The molecule has 6 nitrogen and oxygen atoms in total. The molecule has 0 bridgehead atoms. The zero-order valence-electron chi connectivity index (χ0n) is 15.0. The molecule has 0 aromatic heterocycles. The minimum absolute atomic E-state index is 0.0193. The van der Waals surface area contributed by atoms with Crippen molar-refractivity contribution < 1.29 is 9.59 Å². The minimum atomic E-state index is -0.364. The lowest BCUT2D eigenvalue weighted by atomic mass is 10.0. The van der Waals surface area contributed by atoms with Gasteiger partial charge in [0.05, 0.1) is 12.6 Å². The van der Waals surface area contributed by atoms with Crippen LogP contribution in [0.15, 0.2) is 53.0 Å². The monoisotopic (exact) mass is 430 g/mol. The van der Waals surface area contributed by atoms with Crippen molar-refractivity contribution in [3.8, 4) is 0 Å². The number of likely N-dealkylation sites (tertiary alicyclic amines) is 1. The molecule has 142 valence electrons. The van der Waals surface area contributed by atoms with Crippen molar-refractivity contribution in [2.45, 2.75) is 25.4 Å². The van der Waals surface area contributed by atoms with E-state index in [0.29, 0.717) is 18.8 Å². The maximum Gasteiger partial charge on any atom is 0.315 e. The van der Waals surface area contributed by atoms with Crippen molar-refractivity contribution >= 4 is 33.6 Å². The number of rotatable bonds is 5. The Morgan fingerprint density at radius 3 is 2.59 bits per heavy atom. The van der Waals surface area contributed by atoms with Crippen molar-refractivity contribution in [3.05, 3.63) is 64.1 Å². The molecule has 1 heterocycles. The molecular weight excluding hydrogens is 408 g/mol. The summed E-state index contributed by atoms with van der Waals surface area (Å²) < 4.78 is 1.00. The van der Waals surface area contributed by atoms with Crippen molar-refractivity contribution in [1.29, 1.82) is 0 Å². The first kappa shape index (κ1) is 19.2. The standard InChI is InChI=1S/C20H23BrN4O2/c21-17-5-2-1-4-16(17)18-6-3-11-25(18)19(26)13-24-20(27)23-12-14-7-9-15(22)10-8-14/h1-2,4-5,7-10,18H,3,6,11-13,22H2,(H2,23,24,27). The first-order chi connectivity index (χ1) is 13.0. The Hall–Kier alpha value is -2.54. The largest absolute Gasteiger partial charge is 0.399 e. The van der Waals surface area contributed by atoms with Gasteiger partial charge in [0.1, 0.15) is 0 Å². The summed E-state index contributed by atoms with van der Waals surface area (Å²) in [6.45, 7) is 1.07. The molecule has 0 aliphatic carbocycles. The third kappa shape index (κ3) is 5.01. The molecular formula is C20H23BrN4O2. The van der Waals surface area contributed by atoms with E-state index in [4.69, 9.17) is 5.73 Å². The Balaban J connectivity index is 1.50. The van der Waals surface area contributed by atoms with Crippen molar-refractivity contribution in [2.24, 2.45) is 0 Å². The van der Waals surface area contributed by atoms with Crippen LogP contribution >= 0.6 is 15.9 Å². The summed E-state index contributed by atoms with van der Waals surface area (Å²) in [5.74, 6) is -0.0733. The van der Waals surface area contributed by atoms with Gasteiger partial charge in [-0.25, -0.2) is 4.79 Å². The van der Waals surface area contributed by atoms with E-state index in [1.54, 1.807) is 12.1 Å². The Labute approximate surface area is 167 Å². The number of carbonyl (C=O) groups excluding carboxylic acids is 2. The highest BCUT2D eigenvalue weighted by molar-refractivity contribution is 9.10. The summed E-state index contributed by atoms with van der Waals surface area (Å²) in [5.41, 5.74) is 8.37. The molecule has 1 aliphatic heterocycles. The number of nitrogens with one attached hydrogen (secondary N) is 2. The summed E-state index contributed by atoms with van der Waals surface area (Å²) in [6.07, 6.45) is 1.89. The average molecular weight is 431 g/mol. The van der Waals surface area contributed by atoms with Gasteiger partial charge in [0.25, 0.3) is 0 Å². The van der Waals surface area contributed by atoms with Gasteiger partial charge >= 0.3 is 6.03 Å². The van der Waals surface area contributed by atoms with Crippen LogP contribution in [0.4, 0.5) is 10.5 Å². The van der Waals surface area contributed by atoms with Gasteiger partial charge in [-0.15, -0.1) is 0 Å². The fraction of sp³-hybridized carbons (Fsp3) is 0.300. The number of benzene rings is 2. The molecule has 1 fully saturated rings. The molecule has 0 radical (unpaired) electrons. The van der Waals surface area contributed by atoms with Crippen LogP contribution in [0.3, 0.4) is 0 Å². The maximum atomic E-state index is 12.6. The number of anilines is 1. The van der Waals surface area contributed by atoms with Crippen molar-refractivity contribution in [1.82, 2.24) is 15.5 Å². The number of nitrogens with two attached hydrogens (primary N) is 1. The Bertz CT molecular complexity index is 810. The Morgan fingerprint density at radius 2 is 1.85 bits per heavy atom. The fourth-order valence-corrected chi connectivity index (χ4v) is 3.82. The molecule has 1 aliphatic rings. The van der Waals surface area contributed by atoms with Crippen molar-refractivity contribution in [2.75, 3.05) is 18.8 Å². The third-order valence-corrected chi connectivity index (χ3v) is 5.39. The zero-order valence-corrected chi connectivity index (χ0v) is 16.5. The van der Waals surface area contributed by atoms with E-state index in [2.05, 4.69) is 26.6 Å². The van der Waals surface area contributed by atoms with Gasteiger partial charge in [-0.2, -0.15) is 0 Å². The first-order valence-electron chi connectivity index (χ1n) is 8.94. The molecule has 2 aromatic carbocycles. The van der Waals surface area contributed by atoms with Crippen LogP contribution in [0.2, 0.25) is 0 Å². The lowest BCUT2D eigenvalue weighted by Crippen LogP contribution is -2.43. The topological polar surface area (TPSA) is 87.5 Å². The minimum Gasteiger partial charge on any atom is -0.399 e. The molecule has 3 rings (SSSR count). The van der Waals surface area contributed by atoms with Gasteiger partial charge < -0.3 is 21.3 Å². The molecule has 3 amide bonds. The molecule has 1 atom stereocenters. The van der Waals surface area contributed by atoms with Crippen LogP contribution in [0, 0.1) is 0 Å². The predicted molar refractivity (Wildman–Crippen MR) is 109 cm³/mol. The predicted octanol–water partition coefficient (Wildman–Crippen LogP) is 3.19. The van der Waals surface area contributed by atoms with Crippen LogP contribution < -0.4 is 16.4 Å². The van der Waals surface area contributed by atoms with E-state index >= 15 is 0 Å². The molecule has 27 heavy (non-hydrogen) atoms. The number of urea groups is 1. The van der Waals surface area contributed by atoms with Gasteiger partial charge in [-0.1, -0.05) is 46.3 Å². The maximum absolute atomic E-state index is 12.6. The highest BCUT2D eigenvalue weighted by Crippen LogP contribution is 2.35. The molecule has 0 spiro atoms. The molecule has 0 saturated carbocycles. The van der Waals surface area contributed by atoms with Gasteiger partial charge in [0.2, 0.25) is 5.91 Å². The molecule has 4 N–H and O–H groups in total.